The van der Waals surface area contributed by atoms with E-state index in [0.717, 1.165) is 22.5 Å². The first kappa shape index (κ1) is 28.0. The van der Waals surface area contributed by atoms with Gasteiger partial charge in [0, 0.05) is 19.2 Å². The maximum absolute atomic E-state index is 13.7. The Hall–Kier alpha value is -3.27. The molecule has 0 bridgehead atoms. The molecule has 0 spiro atoms. The van der Waals surface area contributed by atoms with Crippen molar-refractivity contribution in [2.24, 2.45) is 0 Å². The summed E-state index contributed by atoms with van der Waals surface area (Å²) in [6.07, 6.45) is 2.16. The van der Waals surface area contributed by atoms with Crippen molar-refractivity contribution in [3.05, 3.63) is 54.1 Å². The number of hydrogen-bond donors (Lipinski definition) is 1. The molecule has 1 atom stereocenters. The van der Waals surface area contributed by atoms with E-state index in [1.165, 1.54) is 25.2 Å². The van der Waals surface area contributed by atoms with E-state index in [2.05, 4.69) is 5.32 Å². The number of hydrogen-bond acceptors (Lipinski definition) is 6. The zero-order valence-electron chi connectivity index (χ0n) is 21.0. The van der Waals surface area contributed by atoms with Crippen LogP contribution >= 0.6 is 0 Å². The number of methoxy groups -OCH3 is 2. The van der Waals surface area contributed by atoms with E-state index in [-0.39, 0.29) is 23.9 Å². The molecule has 0 aliphatic rings. The fourth-order valence-corrected chi connectivity index (χ4v) is 4.50. The van der Waals surface area contributed by atoms with E-state index in [1.807, 2.05) is 44.2 Å². The summed E-state index contributed by atoms with van der Waals surface area (Å²) in [7, 11) is -0.975. The third-order valence-corrected chi connectivity index (χ3v) is 6.59. The fraction of sp³-hybridized carbons (Fsp3) is 0.440. The highest BCUT2D eigenvalue weighted by Crippen LogP contribution is 2.33. The predicted octanol–water partition coefficient (Wildman–Crippen LogP) is 2.80. The Morgan fingerprint density at radius 2 is 1.71 bits per heavy atom. The van der Waals surface area contributed by atoms with Gasteiger partial charge in [0.15, 0.2) is 0 Å². The van der Waals surface area contributed by atoms with Crippen molar-refractivity contribution in [3.63, 3.8) is 0 Å². The minimum atomic E-state index is -3.87. The topological polar surface area (TPSA) is 105 Å². The highest BCUT2D eigenvalue weighted by molar-refractivity contribution is 7.92. The average molecular weight is 506 g/mol. The lowest BCUT2D eigenvalue weighted by Gasteiger charge is -2.33. The second-order valence-corrected chi connectivity index (χ2v) is 9.94. The molecule has 0 unspecified atom stereocenters. The van der Waals surface area contributed by atoms with Crippen molar-refractivity contribution in [1.82, 2.24) is 10.2 Å². The Morgan fingerprint density at radius 1 is 1.03 bits per heavy atom. The highest BCUT2D eigenvalue weighted by atomic mass is 32.2. The number of rotatable bonds is 13. The molecule has 0 heterocycles. The third-order valence-electron chi connectivity index (χ3n) is 5.47. The van der Waals surface area contributed by atoms with Gasteiger partial charge in [-0.1, -0.05) is 44.2 Å². The molecule has 10 heteroatoms. The predicted molar refractivity (Wildman–Crippen MR) is 136 cm³/mol. The lowest BCUT2D eigenvalue weighted by atomic mass is 10.1. The fourth-order valence-electron chi connectivity index (χ4n) is 3.65. The standard InChI is InChI=1S/C25H35N3O6S/c1-6-15-26-25(30)21(7-2)27(17-19-11-9-8-10-12-19)24(29)18-28(35(5,31)32)22-14-13-20(33-3)16-23(22)34-4/h8-14,16,21H,6-7,15,17-18H2,1-5H3,(H,26,30)/t21-/m0/s1. The number of carbonyl (C=O) groups excluding carboxylic acids is 2. The molecular weight excluding hydrogens is 470 g/mol. The molecule has 2 amide bonds. The zero-order valence-corrected chi connectivity index (χ0v) is 21.8. The minimum absolute atomic E-state index is 0.162. The molecule has 0 radical (unpaired) electrons. The van der Waals surface area contributed by atoms with Crippen molar-refractivity contribution in [2.75, 3.05) is 37.9 Å². The summed E-state index contributed by atoms with van der Waals surface area (Å²) in [5, 5.41) is 2.85. The maximum Gasteiger partial charge on any atom is 0.244 e. The molecule has 2 rings (SSSR count). The number of benzene rings is 2. The van der Waals surface area contributed by atoms with Crippen molar-refractivity contribution in [1.29, 1.82) is 0 Å². The number of anilines is 1. The van der Waals surface area contributed by atoms with Crippen LogP contribution < -0.4 is 19.1 Å². The lowest BCUT2D eigenvalue weighted by Crippen LogP contribution is -2.52. The van der Waals surface area contributed by atoms with Gasteiger partial charge in [0.05, 0.1) is 26.2 Å². The van der Waals surface area contributed by atoms with Crippen LogP contribution in [0.4, 0.5) is 5.69 Å². The van der Waals surface area contributed by atoms with Crippen LogP contribution in [0.5, 0.6) is 11.5 Å². The smallest absolute Gasteiger partial charge is 0.244 e. The SMILES string of the molecule is CCCNC(=O)[C@H](CC)N(Cc1ccccc1)C(=O)CN(c1ccc(OC)cc1OC)S(C)(=O)=O. The van der Waals surface area contributed by atoms with Crippen molar-refractivity contribution in [2.45, 2.75) is 39.3 Å². The highest BCUT2D eigenvalue weighted by Gasteiger charge is 2.32. The number of nitrogens with one attached hydrogen (secondary N) is 1. The van der Waals surface area contributed by atoms with Crippen LogP contribution in [0.3, 0.4) is 0 Å². The molecular formula is C25H35N3O6S. The summed E-state index contributed by atoms with van der Waals surface area (Å²) >= 11 is 0. The van der Waals surface area contributed by atoms with Gasteiger partial charge in [-0.2, -0.15) is 0 Å². The first-order valence-electron chi connectivity index (χ1n) is 11.5. The molecule has 0 saturated carbocycles. The van der Waals surface area contributed by atoms with E-state index >= 15 is 0 Å². The van der Waals surface area contributed by atoms with Gasteiger partial charge in [0.25, 0.3) is 0 Å². The monoisotopic (exact) mass is 505 g/mol. The second kappa shape index (κ2) is 13.0. The number of amides is 2. The van der Waals surface area contributed by atoms with E-state index in [9.17, 15) is 18.0 Å². The van der Waals surface area contributed by atoms with E-state index in [4.69, 9.17) is 9.47 Å². The van der Waals surface area contributed by atoms with E-state index in [1.54, 1.807) is 12.1 Å². The van der Waals surface area contributed by atoms with Gasteiger partial charge < -0.3 is 19.7 Å². The van der Waals surface area contributed by atoms with Crippen LogP contribution in [0.2, 0.25) is 0 Å². The van der Waals surface area contributed by atoms with Crippen molar-refractivity contribution >= 4 is 27.5 Å². The number of nitrogens with zero attached hydrogens (tertiary/aromatic N) is 2. The van der Waals surface area contributed by atoms with Crippen LogP contribution in [-0.4, -0.2) is 64.7 Å². The molecule has 192 valence electrons. The molecule has 0 aliphatic heterocycles. The lowest BCUT2D eigenvalue weighted by molar-refractivity contribution is -0.140. The molecule has 2 aromatic rings. The maximum atomic E-state index is 13.7. The molecule has 1 N–H and O–H groups in total. The number of sulfonamides is 1. The molecule has 9 nitrogen and oxygen atoms in total. The van der Waals surface area contributed by atoms with Gasteiger partial charge in [-0.3, -0.25) is 13.9 Å². The Kier molecular flexibility index (Phi) is 10.4. The first-order valence-corrected chi connectivity index (χ1v) is 13.3. The van der Waals surface area contributed by atoms with Crippen LogP contribution in [0.15, 0.2) is 48.5 Å². The summed E-state index contributed by atoms with van der Waals surface area (Å²) in [5.41, 5.74) is 1.03. The molecule has 0 aromatic heterocycles. The van der Waals surface area contributed by atoms with Crippen LogP contribution in [0.25, 0.3) is 0 Å². The van der Waals surface area contributed by atoms with E-state index in [0.29, 0.717) is 18.7 Å². The minimum Gasteiger partial charge on any atom is -0.497 e. The number of ether oxygens (including phenoxy) is 2. The van der Waals surface area contributed by atoms with Gasteiger partial charge >= 0.3 is 0 Å². The van der Waals surface area contributed by atoms with Gasteiger partial charge in [-0.05, 0) is 30.5 Å². The Morgan fingerprint density at radius 3 is 2.26 bits per heavy atom. The summed E-state index contributed by atoms with van der Waals surface area (Å²) in [4.78, 5) is 28.0. The Labute approximate surface area is 208 Å². The van der Waals surface area contributed by atoms with Gasteiger partial charge in [-0.25, -0.2) is 8.42 Å². The van der Waals surface area contributed by atoms with Crippen LogP contribution in [0, 0.1) is 0 Å². The second-order valence-electron chi connectivity index (χ2n) is 8.03. The molecule has 0 fully saturated rings. The van der Waals surface area contributed by atoms with E-state index < -0.39 is 28.5 Å². The average Bonchev–Trinajstić information content (AvgIpc) is 2.85. The normalized spacial score (nSPS) is 11.9. The van der Waals surface area contributed by atoms with Gasteiger partial charge in [-0.15, -0.1) is 0 Å². The van der Waals surface area contributed by atoms with Gasteiger partial charge in [0.2, 0.25) is 21.8 Å². The first-order chi connectivity index (χ1) is 16.7. The molecule has 0 saturated heterocycles. The summed E-state index contributed by atoms with van der Waals surface area (Å²) in [5.74, 6) is -0.0538. The Balaban J connectivity index is 2.47. The van der Waals surface area contributed by atoms with Gasteiger partial charge in [0.1, 0.15) is 24.1 Å². The summed E-state index contributed by atoms with van der Waals surface area (Å²) < 4.78 is 37.1. The summed E-state index contributed by atoms with van der Waals surface area (Å²) in [6, 6.07) is 13.2. The number of carbonyl (C=O) groups is 2. The van der Waals surface area contributed by atoms with Crippen molar-refractivity contribution in [3.8, 4) is 11.5 Å². The largest absolute Gasteiger partial charge is 0.497 e. The summed E-state index contributed by atoms with van der Waals surface area (Å²) in [6.45, 7) is 3.92. The molecule has 2 aromatic carbocycles. The third kappa shape index (κ3) is 7.61. The Bertz CT molecular complexity index is 1090. The zero-order chi connectivity index (χ0) is 26.0. The van der Waals surface area contributed by atoms with Crippen LogP contribution in [-0.2, 0) is 26.2 Å². The van der Waals surface area contributed by atoms with Crippen LogP contribution in [0.1, 0.15) is 32.3 Å². The molecule has 35 heavy (non-hydrogen) atoms. The quantitative estimate of drug-likeness (QED) is 0.449. The molecule has 0 aliphatic carbocycles. The van der Waals surface area contributed by atoms with Crippen molar-refractivity contribution < 1.29 is 27.5 Å².